The van der Waals surface area contributed by atoms with E-state index < -0.39 is 11.8 Å². The highest BCUT2D eigenvalue weighted by Gasteiger charge is 2.24. The van der Waals surface area contributed by atoms with Crippen LogP contribution in [-0.4, -0.2) is 47.4 Å². The van der Waals surface area contributed by atoms with E-state index in [1.54, 1.807) is 24.4 Å². The molecule has 0 bridgehead atoms. The van der Waals surface area contributed by atoms with E-state index in [9.17, 15) is 9.59 Å². The van der Waals surface area contributed by atoms with Gasteiger partial charge < -0.3 is 10.6 Å². The van der Waals surface area contributed by atoms with Gasteiger partial charge in [-0.3, -0.25) is 19.5 Å². The van der Waals surface area contributed by atoms with Gasteiger partial charge in [-0.2, -0.15) is 0 Å². The largest absolute Gasteiger partial charge is 0.346 e. The van der Waals surface area contributed by atoms with Crippen LogP contribution in [0, 0.1) is 0 Å². The van der Waals surface area contributed by atoms with E-state index in [2.05, 4.69) is 27.4 Å². The maximum atomic E-state index is 12.2. The van der Waals surface area contributed by atoms with Crippen molar-refractivity contribution in [2.75, 3.05) is 25.0 Å². The zero-order valence-electron chi connectivity index (χ0n) is 13.8. The lowest BCUT2D eigenvalue weighted by atomic mass is 10.2. The quantitative estimate of drug-likeness (QED) is 0.840. The maximum absolute atomic E-state index is 12.2. The maximum Gasteiger partial charge on any atom is 0.313 e. The molecule has 0 unspecified atom stereocenters. The fourth-order valence-electron chi connectivity index (χ4n) is 3.22. The van der Waals surface area contributed by atoms with Crippen LogP contribution in [0.4, 0.5) is 5.69 Å². The van der Waals surface area contributed by atoms with Gasteiger partial charge in [-0.15, -0.1) is 0 Å². The highest BCUT2D eigenvalue weighted by Crippen LogP contribution is 2.21. The minimum Gasteiger partial charge on any atom is -0.346 e. The Kier molecular flexibility index (Phi) is 5.05. The van der Waals surface area contributed by atoms with Gasteiger partial charge in [0.2, 0.25) is 0 Å². The molecule has 0 aliphatic carbocycles. The van der Waals surface area contributed by atoms with Crippen LogP contribution in [0.2, 0.25) is 0 Å². The van der Waals surface area contributed by atoms with Crippen molar-refractivity contribution in [2.24, 2.45) is 0 Å². The first-order valence-electron chi connectivity index (χ1n) is 8.36. The molecule has 1 fully saturated rings. The van der Waals surface area contributed by atoms with Crippen molar-refractivity contribution in [1.82, 2.24) is 15.2 Å². The molecule has 0 radical (unpaired) electrons. The Balaban J connectivity index is 1.61. The van der Waals surface area contributed by atoms with Crippen molar-refractivity contribution in [3.05, 3.63) is 36.5 Å². The minimum absolute atomic E-state index is 0.327. The van der Waals surface area contributed by atoms with Crippen LogP contribution in [0.25, 0.3) is 10.9 Å². The predicted molar refractivity (Wildman–Crippen MR) is 93.7 cm³/mol. The number of benzene rings is 1. The molecule has 0 saturated carbocycles. The number of hydrogen-bond donors (Lipinski definition) is 2. The van der Waals surface area contributed by atoms with E-state index in [-0.39, 0.29) is 0 Å². The molecule has 1 aromatic heterocycles. The van der Waals surface area contributed by atoms with Gasteiger partial charge in [0.05, 0.1) is 11.2 Å². The van der Waals surface area contributed by atoms with Crippen LogP contribution >= 0.6 is 0 Å². The van der Waals surface area contributed by atoms with Gasteiger partial charge in [-0.05, 0) is 50.2 Å². The monoisotopic (exact) mass is 326 g/mol. The van der Waals surface area contributed by atoms with Gasteiger partial charge in [-0.1, -0.05) is 13.0 Å². The number of hydrogen-bond acceptors (Lipinski definition) is 4. The van der Waals surface area contributed by atoms with Crippen LogP contribution in [0.15, 0.2) is 36.5 Å². The average molecular weight is 326 g/mol. The second-order valence-corrected chi connectivity index (χ2v) is 5.96. The van der Waals surface area contributed by atoms with E-state index in [1.807, 2.05) is 12.1 Å². The number of pyridine rings is 1. The molecule has 0 spiro atoms. The molecule has 1 aromatic carbocycles. The smallest absolute Gasteiger partial charge is 0.313 e. The van der Waals surface area contributed by atoms with Crippen LogP contribution in [0.1, 0.15) is 19.8 Å². The van der Waals surface area contributed by atoms with E-state index >= 15 is 0 Å². The molecule has 6 nitrogen and oxygen atoms in total. The normalized spacial score (nSPS) is 17.8. The van der Waals surface area contributed by atoms with E-state index in [4.69, 9.17) is 0 Å². The summed E-state index contributed by atoms with van der Waals surface area (Å²) in [5, 5.41) is 6.24. The summed E-state index contributed by atoms with van der Waals surface area (Å²) >= 11 is 0. The van der Waals surface area contributed by atoms with Gasteiger partial charge in [0.15, 0.2) is 0 Å². The standard InChI is InChI=1S/C18H22N4O2/c1-2-22-11-5-6-13(22)12-20-17(23)18(24)21-16-9-3-8-15-14(16)7-4-10-19-15/h3-4,7-10,13H,2,5-6,11-12H2,1H3,(H,20,23)(H,21,24)/t13-/m0/s1. The third-order valence-corrected chi connectivity index (χ3v) is 4.50. The van der Waals surface area contributed by atoms with Gasteiger partial charge in [0.25, 0.3) is 0 Å². The summed E-state index contributed by atoms with van der Waals surface area (Å²) in [5.74, 6) is -1.24. The molecular weight excluding hydrogens is 304 g/mol. The van der Waals surface area contributed by atoms with E-state index in [1.165, 1.54) is 0 Å². The van der Waals surface area contributed by atoms with Crippen molar-refractivity contribution in [3.8, 4) is 0 Å². The van der Waals surface area contributed by atoms with Gasteiger partial charge in [0, 0.05) is 24.2 Å². The fourth-order valence-corrected chi connectivity index (χ4v) is 3.22. The molecule has 6 heteroatoms. The molecule has 1 aliphatic heterocycles. The molecule has 24 heavy (non-hydrogen) atoms. The summed E-state index contributed by atoms with van der Waals surface area (Å²) in [6.45, 7) is 4.65. The molecule has 2 heterocycles. The van der Waals surface area contributed by atoms with Crippen LogP contribution < -0.4 is 10.6 Å². The number of anilines is 1. The fraction of sp³-hybridized carbons (Fsp3) is 0.389. The molecule has 2 amide bonds. The first kappa shape index (κ1) is 16.4. The lowest BCUT2D eigenvalue weighted by Crippen LogP contribution is -2.43. The zero-order valence-corrected chi connectivity index (χ0v) is 13.8. The van der Waals surface area contributed by atoms with Crippen molar-refractivity contribution in [1.29, 1.82) is 0 Å². The third kappa shape index (κ3) is 3.54. The van der Waals surface area contributed by atoms with E-state index in [0.717, 1.165) is 36.8 Å². The van der Waals surface area contributed by atoms with Crippen molar-refractivity contribution < 1.29 is 9.59 Å². The molecule has 1 aliphatic rings. The Hall–Kier alpha value is -2.47. The lowest BCUT2D eigenvalue weighted by molar-refractivity contribution is -0.136. The molecule has 1 saturated heterocycles. The Morgan fingerprint density at radius 3 is 2.96 bits per heavy atom. The predicted octanol–water partition coefficient (Wildman–Crippen LogP) is 1.77. The van der Waals surface area contributed by atoms with Crippen molar-refractivity contribution in [2.45, 2.75) is 25.8 Å². The first-order valence-corrected chi connectivity index (χ1v) is 8.36. The second-order valence-electron chi connectivity index (χ2n) is 5.96. The molecule has 2 N–H and O–H groups in total. The van der Waals surface area contributed by atoms with Crippen molar-refractivity contribution >= 4 is 28.4 Å². The number of likely N-dealkylation sites (tertiary alicyclic amines) is 1. The lowest BCUT2D eigenvalue weighted by Gasteiger charge is -2.22. The Morgan fingerprint density at radius 2 is 2.12 bits per heavy atom. The summed E-state index contributed by atoms with van der Waals surface area (Å²) in [5.41, 5.74) is 1.37. The number of carbonyl (C=O) groups is 2. The summed E-state index contributed by atoms with van der Waals surface area (Å²) in [6.07, 6.45) is 3.90. The molecule has 2 aromatic rings. The SMILES string of the molecule is CCN1CCC[C@H]1CNC(=O)C(=O)Nc1cccc2ncccc12. The summed E-state index contributed by atoms with van der Waals surface area (Å²) in [6, 6.07) is 9.44. The average Bonchev–Trinajstić information content (AvgIpc) is 3.07. The highest BCUT2D eigenvalue weighted by molar-refractivity contribution is 6.40. The number of nitrogens with one attached hydrogen (secondary N) is 2. The molecule has 3 rings (SSSR count). The summed E-state index contributed by atoms with van der Waals surface area (Å²) in [7, 11) is 0. The number of fused-ring (bicyclic) bond motifs is 1. The number of amides is 2. The van der Waals surface area contributed by atoms with Crippen molar-refractivity contribution in [3.63, 3.8) is 0 Å². The molecule has 1 atom stereocenters. The van der Waals surface area contributed by atoms with Gasteiger partial charge in [0.1, 0.15) is 0 Å². The van der Waals surface area contributed by atoms with Crippen LogP contribution in [0.3, 0.4) is 0 Å². The number of nitrogens with zero attached hydrogens (tertiary/aromatic N) is 2. The molecule has 126 valence electrons. The second kappa shape index (κ2) is 7.40. The molecular formula is C18H22N4O2. The minimum atomic E-state index is -0.646. The van der Waals surface area contributed by atoms with Crippen LogP contribution in [0.5, 0.6) is 0 Å². The summed E-state index contributed by atoms with van der Waals surface area (Å²) in [4.78, 5) is 30.8. The third-order valence-electron chi connectivity index (χ3n) is 4.50. The van der Waals surface area contributed by atoms with Crippen LogP contribution in [-0.2, 0) is 9.59 Å². The Bertz CT molecular complexity index is 741. The summed E-state index contributed by atoms with van der Waals surface area (Å²) < 4.78 is 0. The Morgan fingerprint density at radius 1 is 1.25 bits per heavy atom. The highest BCUT2D eigenvalue weighted by atomic mass is 16.2. The van der Waals surface area contributed by atoms with Gasteiger partial charge >= 0.3 is 11.8 Å². The van der Waals surface area contributed by atoms with E-state index in [0.29, 0.717) is 18.3 Å². The topological polar surface area (TPSA) is 74.3 Å². The number of rotatable bonds is 4. The Labute approximate surface area is 141 Å². The number of carbonyl (C=O) groups excluding carboxylic acids is 2. The zero-order chi connectivity index (χ0) is 16.9. The number of aromatic nitrogens is 1. The first-order chi connectivity index (χ1) is 11.7. The number of likely N-dealkylation sites (N-methyl/N-ethyl adjacent to an activating group) is 1. The van der Waals surface area contributed by atoms with Gasteiger partial charge in [-0.25, -0.2) is 0 Å².